The van der Waals surface area contributed by atoms with Crippen LogP contribution in [0.15, 0.2) is 6.07 Å². The van der Waals surface area contributed by atoms with Crippen LogP contribution >= 0.6 is 0 Å². The van der Waals surface area contributed by atoms with Crippen LogP contribution in [0.1, 0.15) is 90.5 Å². The van der Waals surface area contributed by atoms with Crippen molar-refractivity contribution in [2.45, 2.75) is 95.1 Å². The van der Waals surface area contributed by atoms with Crippen molar-refractivity contribution >= 4 is 23.1 Å². The molecule has 0 radical (unpaired) electrons. The number of aromatic nitrogens is 2. The summed E-state index contributed by atoms with van der Waals surface area (Å²) in [6.07, 6.45) is 7.32. The highest BCUT2D eigenvalue weighted by molar-refractivity contribution is 6.14. The summed E-state index contributed by atoms with van der Waals surface area (Å²) in [6.45, 7) is 6.74. The van der Waals surface area contributed by atoms with Gasteiger partial charge in [-0.1, -0.05) is 0 Å². The van der Waals surface area contributed by atoms with Crippen molar-refractivity contribution in [3.8, 4) is 6.01 Å². The molecule has 1 aromatic carbocycles. The molecule has 6 heterocycles. The molecule has 1 atom stereocenters. The first-order valence-electron chi connectivity index (χ1n) is 15.7. The summed E-state index contributed by atoms with van der Waals surface area (Å²) in [7, 11) is 0. The minimum Gasteiger partial charge on any atom is -0.461 e. The first-order chi connectivity index (χ1) is 20.4. The molecule has 10 nitrogen and oxygen atoms in total. The van der Waals surface area contributed by atoms with Crippen molar-refractivity contribution < 1.29 is 19.0 Å². The molecule has 1 aliphatic carbocycles. The lowest BCUT2D eigenvalue weighted by Crippen LogP contribution is -2.43. The van der Waals surface area contributed by atoms with Gasteiger partial charge in [0.2, 0.25) is 0 Å². The number of hydrogen-bond acceptors (Lipinski definition) is 9. The number of rotatable bonds is 6. The van der Waals surface area contributed by atoms with Gasteiger partial charge >= 0.3 is 6.01 Å². The number of hydrogen-bond donors (Lipinski definition) is 3. The summed E-state index contributed by atoms with van der Waals surface area (Å²) in [5, 5.41) is 10.4. The second-order valence-corrected chi connectivity index (χ2v) is 13.2. The van der Waals surface area contributed by atoms with Crippen molar-refractivity contribution in [2.75, 3.05) is 48.0 Å². The summed E-state index contributed by atoms with van der Waals surface area (Å²) < 4.78 is 22.4. The Kier molecular flexibility index (Phi) is 6.18. The minimum atomic E-state index is -1.41. The average Bonchev–Trinajstić information content (AvgIpc) is 3.29. The van der Waals surface area contributed by atoms with Gasteiger partial charge in [0, 0.05) is 30.8 Å². The lowest BCUT2D eigenvalue weighted by molar-refractivity contribution is 0.0995. The van der Waals surface area contributed by atoms with Gasteiger partial charge in [0.05, 0.1) is 35.3 Å². The van der Waals surface area contributed by atoms with Gasteiger partial charge in [-0.25, -0.2) is 9.82 Å². The number of carbonyl (C=O) groups excluding carboxylic acids is 1. The zero-order valence-corrected chi connectivity index (χ0v) is 24.3. The quantitative estimate of drug-likeness (QED) is 0.474. The van der Waals surface area contributed by atoms with Gasteiger partial charge in [0.15, 0.2) is 0 Å². The van der Waals surface area contributed by atoms with Crippen molar-refractivity contribution in [1.82, 2.24) is 20.3 Å². The maximum absolute atomic E-state index is 15.9. The first-order valence-corrected chi connectivity index (χ1v) is 15.7. The zero-order chi connectivity index (χ0) is 28.6. The Morgan fingerprint density at radius 3 is 2.69 bits per heavy atom. The fourth-order valence-electron chi connectivity index (χ4n) is 8.17. The summed E-state index contributed by atoms with van der Waals surface area (Å²) in [4.78, 5) is 30.6. The number of aryl methyl sites for hydroxylation is 1. The van der Waals surface area contributed by atoms with Crippen LogP contribution in [-0.2, 0) is 18.8 Å². The van der Waals surface area contributed by atoms with Gasteiger partial charge in [0.1, 0.15) is 23.7 Å². The largest absolute Gasteiger partial charge is 0.461 e. The molecule has 0 bridgehead atoms. The highest BCUT2D eigenvalue weighted by Crippen LogP contribution is 2.56. The molecule has 3 saturated heterocycles. The van der Waals surface area contributed by atoms with E-state index >= 15 is 4.39 Å². The maximum Gasteiger partial charge on any atom is 0.318 e. The van der Waals surface area contributed by atoms with Crippen molar-refractivity contribution in [3.63, 3.8) is 0 Å². The van der Waals surface area contributed by atoms with Gasteiger partial charge in [-0.15, -0.1) is 0 Å². The smallest absolute Gasteiger partial charge is 0.318 e. The number of halogens is 1. The Bertz CT molecular complexity index is 1440. The van der Waals surface area contributed by atoms with Gasteiger partial charge in [0.25, 0.3) is 5.91 Å². The number of amides is 1. The number of alkyl halides is 1. The third-order valence-corrected chi connectivity index (χ3v) is 10.5. The molecular formula is C31H40FN7O3. The van der Waals surface area contributed by atoms with E-state index in [1.54, 1.807) is 4.90 Å². The lowest BCUT2D eigenvalue weighted by Gasteiger charge is -2.31. The molecule has 4 fully saturated rings. The Morgan fingerprint density at radius 1 is 1.10 bits per heavy atom. The topological polar surface area (TPSA) is 106 Å². The summed E-state index contributed by atoms with van der Waals surface area (Å²) in [5.41, 5.74) is 10.0. The molecule has 5 aliphatic heterocycles. The van der Waals surface area contributed by atoms with Gasteiger partial charge in [-0.05, 0) is 89.4 Å². The summed E-state index contributed by atoms with van der Waals surface area (Å²) in [6, 6.07) is 2.29. The van der Waals surface area contributed by atoms with Crippen LogP contribution < -0.4 is 25.4 Å². The van der Waals surface area contributed by atoms with Crippen LogP contribution in [0.5, 0.6) is 6.01 Å². The third-order valence-electron chi connectivity index (χ3n) is 10.5. The number of hydrazine groups is 1. The predicted molar refractivity (Wildman–Crippen MR) is 157 cm³/mol. The summed E-state index contributed by atoms with van der Waals surface area (Å²) >= 11 is 0. The van der Waals surface area contributed by atoms with Crippen LogP contribution in [-0.4, -0.2) is 70.3 Å². The van der Waals surface area contributed by atoms with Crippen molar-refractivity contribution in [2.24, 2.45) is 0 Å². The molecule has 1 saturated carbocycles. The van der Waals surface area contributed by atoms with E-state index in [9.17, 15) is 9.90 Å². The molecule has 224 valence electrons. The van der Waals surface area contributed by atoms with Gasteiger partial charge in [-0.2, -0.15) is 9.97 Å². The zero-order valence-electron chi connectivity index (χ0n) is 24.3. The van der Waals surface area contributed by atoms with Gasteiger partial charge in [-0.3, -0.25) is 9.69 Å². The molecule has 3 N–H and O–H groups in total. The Morgan fingerprint density at radius 2 is 1.90 bits per heavy atom. The molecule has 1 aromatic heterocycles. The first kappa shape index (κ1) is 26.6. The highest BCUT2D eigenvalue weighted by atomic mass is 19.1. The lowest BCUT2D eigenvalue weighted by atomic mass is 9.94. The number of nitrogens with one attached hydrogen (secondary N) is 2. The number of carbonyl (C=O) groups is 1. The fourth-order valence-corrected chi connectivity index (χ4v) is 8.17. The average molecular weight is 578 g/mol. The molecule has 8 rings (SSSR count). The molecule has 1 amide bonds. The number of nitrogens with zero attached hydrogens (tertiary/aromatic N) is 5. The molecule has 0 spiro atoms. The molecule has 42 heavy (non-hydrogen) atoms. The third kappa shape index (κ3) is 4.18. The number of fused-ring (bicyclic) bond motifs is 3. The van der Waals surface area contributed by atoms with E-state index in [0.717, 1.165) is 55.6 Å². The maximum atomic E-state index is 15.9. The molecule has 2 aromatic rings. The normalized spacial score (nSPS) is 25.7. The Balaban J connectivity index is 1.19. The molecule has 11 heteroatoms. The van der Waals surface area contributed by atoms with E-state index in [1.807, 2.05) is 13.0 Å². The van der Waals surface area contributed by atoms with Crippen LogP contribution in [0.4, 0.5) is 21.6 Å². The van der Waals surface area contributed by atoms with E-state index in [1.165, 1.54) is 12.8 Å². The number of aliphatic hydroxyl groups is 1. The second-order valence-electron chi connectivity index (χ2n) is 13.2. The van der Waals surface area contributed by atoms with E-state index < -0.39 is 5.67 Å². The van der Waals surface area contributed by atoms with Crippen molar-refractivity contribution in [3.05, 3.63) is 34.0 Å². The molecular weight excluding hydrogens is 537 g/mol. The SMILES string of the molecule is Cc1cc2c(c(N3Cc4nc(OCC56CCCN5CCC6)nc(N5CCCC(O)CC5)c4C3=O)c1C1(F)CC1)CNN2. The van der Waals surface area contributed by atoms with Gasteiger partial charge < -0.3 is 25.1 Å². The monoisotopic (exact) mass is 577 g/mol. The number of benzene rings is 1. The van der Waals surface area contributed by atoms with E-state index in [4.69, 9.17) is 14.7 Å². The van der Waals surface area contributed by atoms with E-state index in [0.29, 0.717) is 79.8 Å². The Hall–Kier alpha value is -3.02. The van der Waals surface area contributed by atoms with E-state index in [2.05, 4.69) is 20.7 Å². The Labute approximate surface area is 245 Å². The van der Waals surface area contributed by atoms with Crippen LogP contribution in [0, 0.1) is 6.92 Å². The highest BCUT2D eigenvalue weighted by Gasteiger charge is 2.51. The number of anilines is 3. The standard InChI is InChI=1S/C31H40FN7O3/c1-19-15-22-21(16-33-36-22)26(25(19)31(32)9-10-31)39-17-23-24(28(39)41)27(37-11-2-5-20(40)6-14-37)35-29(34-23)42-18-30-7-3-12-38(30)13-4-8-30/h15,20,33,36,40H,2-14,16-18H2,1H3. The minimum absolute atomic E-state index is 0.0494. The summed E-state index contributed by atoms with van der Waals surface area (Å²) in [5.74, 6) is 0.380. The molecule has 1 unspecified atom stereocenters. The van der Waals surface area contributed by atoms with Crippen LogP contribution in [0.2, 0.25) is 0 Å². The number of aliphatic hydroxyl groups excluding tert-OH is 1. The van der Waals surface area contributed by atoms with Crippen LogP contribution in [0.3, 0.4) is 0 Å². The number of ether oxygens (including phenoxy) is 1. The second kappa shape index (κ2) is 9.75. The molecule has 6 aliphatic rings. The predicted octanol–water partition coefficient (Wildman–Crippen LogP) is 3.69. The van der Waals surface area contributed by atoms with Crippen molar-refractivity contribution in [1.29, 1.82) is 0 Å². The van der Waals surface area contributed by atoms with Crippen LogP contribution in [0.25, 0.3) is 0 Å². The fraction of sp³-hybridized carbons (Fsp3) is 0.645. The van der Waals surface area contributed by atoms with E-state index in [-0.39, 0.29) is 24.1 Å².